The molecule has 1 aromatic carbocycles. The molecule has 1 aromatic rings. The summed E-state index contributed by atoms with van der Waals surface area (Å²) in [5.74, 6) is -1.05. The zero-order valence-electron chi connectivity index (χ0n) is 11.0. The molecule has 3 nitrogen and oxygen atoms in total. The molecule has 6 heteroatoms. The number of likely N-dealkylation sites (tertiary alicyclic amines) is 1. The van der Waals surface area contributed by atoms with Crippen molar-refractivity contribution < 1.29 is 23.1 Å². The molecule has 1 saturated heterocycles. The average molecular weight is 287 g/mol. The highest BCUT2D eigenvalue weighted by molar-refractivity contribution is 5.70. The zero-order valence-corrected chi connectivity index (χ0v) is 11.0. The molecular weight excluding hydrogens is 271 g/mol. The molecule has 0 saturated carbocycles. The minimum absolute atomic E-state index is 0.127. The highest BCUT2D eigenvalue weighted by atomic mass is 19.4. The van der Waals surface area contributed by atoms with Crippen molar-refractivity contribution in [2.45, 2.75) is 19.6 Å². The van der Waals surface area contributed by atoms with E-state index in [1.54, 1.807) is 6.92 Å². The van der Waals surface area contributed by atoms with E-state index in [0.29, 0.717) is 19.6 Å². The molecule has 1 atom stereocenters. The van der Waals surface area contributed by atoms with Crippen LogP contribution in [0.5, 0.6) is 0 Å². The number of nitrogens with zero attached hydrogens (tertiary/aromatic N) is 1. The Morgan fingerprint density at radius 1 is 1.35 bits per heavy atom. The van der Waals surface area contributed by atoms with Gasteiger partial charge in [0.1, 0.15) is 0 Å². The molecule has 0 aromatic heterocycles. The van der Waals surface area contributed by atoms with Crippen molar-refractivity contribution in [2.24, 2.45) is 11.8 Å². The number of rotatable bonds is 4. The van der Waals surface area contributed by atoms with Gasteiger partial charge in [0.2, 0.25) is 0 Å². The van der Waals surface area contributed by atoms with Crippen LogP contribution in [0, 0.1) is 11.8 Å². The number of hydrogen-bond donors (Lipinski definition) is 1. The molecule has 0 bridgehead atoms. The predicted octanol–water partition coefficient (Wildman–Crippen LogP) is 2.86. The van der Waals surface area contributed by atoms with Crippen LogP contribution < -0.4 is 0 Å². The Balaban J connectivity index is 1.86. The Morgan fingerprint density at radius 3 is 2.35 bits per heavy atom. The SMILES string of the molecule is CC(C(=O)O)C1CN(Cc2ccc(C(F)(F)F)cc2)C1. The van der Waals surface area contributed by atoms with E-state index in [-0.39, 0.29) is 11.8 Å². The summed E-state index contributed by atoms with van der Waals surface area (Å²) in [4.78, 5) is 12.8. The average Bonchev–Trinajstić information content (AvgIpc) is 2.31. The van der Waals surface area contributed by atoms with E-state index in [0.717, 1.165) is 17.7 Å². The third kappa shape index (κ3) is 3.30. The normalized spacial score (nSPS) is 18.6. The van der Waals surface area contributed by atoms with Crippen LogP contribution in [0.4, 0.5) is 13.2 Å². The molecule has 1 aliphatic heterocycles. The van der Waals surface area contributed by atoms with E-state index in [1.165, 1.54) is 12.1 Å². The van der Waals surface area contributed by atoms with Gasteiger partial charge in [-0.2, -0.15) is 13.2 Å². The maximum atomic E-state index is 12.4. The van der Waals surface area contributed by atoms with Crippen LogP contribution >= 0.6 is 0 Å². The number of alkyl halides is 3. The van der Waals surface area contributed by atoms with Crippen LogP contribution in [0.15, 0.2) is 24.3 Å². The monoisotopic (exact) mass is 287 g/mol. The van der Waals surface area contributed by atoms with Gasteiger partial charge in [-0.1, -0.05) is 19.1 Å². The number of halogens is 3. The number of carbonyl (C=O) groups is 1. The molecule has 20 heavy (non-hydrogen) atoms. The highest BCUT2D eigenvalue weighted by Crippen LogP contribution is 2.30. The van der Waals surface area contributed by atoms with Gasteiger partial charge in [0.25, 0.3) is 0 Å². The molecule has 110 valence electrons. The number of hydrogen-bond acceptors (Lipinski definition) is 2. The maximum Gasteiger partial charge on any atom is 0.416 e. The summed E-state index contributed by atoms with van der Waals surface area (Å²) in [5, 5.41) is 8.88. The van der Waals surface area contributed by atoms with Crippen LogP contribution in [-0.2, 0) is 17.5 Å². The van der Waals surface area contributed by atoms with Crippen LogP contribution in [0.2, 0.25) is 0 Å². The lowest BCUT2D eigenvalue weighted by atomic mass is 9.87. The molecule has 2 rings (SSSR count). The standard InChI is InChI=1S/C14H16F3NO2/c1-9(13(19)20)11-7-18(8-11)6-10-2-4-12(5-3-10)14(15,16)17/h2-5,9,11H,6-8H2,1H3,(H,19,20). The van der Waals surface area contributed by atoms with Gasteiger partial charge < -0.3 is 5.11 Å². The fourth-order valence-corrected chi connectivity index (χ4v) is 2.31. The van der Waals surface area contributed by atoms with Gasteiger partial charge in [0, 0.05) is 19.6 Å². The third-order valence-corrected chi connectivity index (χ3v) is 3.77. The summed E-state index contributed by atoms with van der Waals surface area (Å²) in [7, 11) is 0. The Morgan fingerprint density at radius 2 is 1.90 bits per heavy atom. The number of carboxylic acid groups (broad SMARTS) is 1. The van der Waals surface area contributed by atoms with E-state index < -0.39 is 17.7 Å². The van der Waals surface area contributed by atoms with E-state index >= 15 is 0 Å². The maximum absolute atomic E-state index is 12.4. The first-order valence-corrected chi connectivity index (χ1v) is 6.38. The van der Waals surface area contributed by atoms with Crippen LogP contribution in [0.3, 0.4) is 0 Å². The number of carboxylic acids is 1. The van der Waals surface area contributed by atoms with Crippen molar-refractivity contribution in [3.8, 4) is 0 Å². The van der Waals surface area contributed by atoms with Crippen molar-refractivity contribution in [1.29, 1.82) is 0 Å². The Bertz CT molecular complexity index is 478. The first-order valence-electron chi connectivity index (χ1n) is 6.38. The van der Waals surface area contributed by atoms with Crippen molar-refractivity contribution >= 4 is 5.97 Å². The van der Waals surface area contributed by atoms with Gasteiger partial charge in [-0.15, -0.1) is 0 Å². The Kier molecular flexibility index (Phi) is 4.04. The molecule has 0 amide bonds. The van der Waals surface area contributed by atoms with E-state index in [9.17, 15) is 18.0 Å². The van der Waals surface area contributed by atoms with Crippen LogP contribution in [-0.4, -0.2) is 29.1 Å². The van der Waals surface area contributed by atoms with Crippen molar-refractivity contribution in [2.75, 3.05) is 13.1 Å². The fourth-order valence-electron chi connectivity index (χ4n) is 2.31. The third-order valence-electron chi connectivity index (χ3n) is 3.77. The lowest BCUT2D eigenvalue weighted by Crippen LogP contribution is -2.50. The second-order valence-corrected chi connectivity index (χ2v) is 5.28. The molecule has 0 aliphatic carbocycles. The topological polar surface area (TPSA) is 40.5 Å². The van der Waals surface area contributed by atoms with Gasteiger partial charge in [0.05, 0.1) is 11.5 Å². The summed E-state index contributed by atoms with van der Waals surface area (Å²) in [6.45, 7) is 3.59. The van der Waals surface area contributed by atoms with Crippen molar-refractivity contribution in [3.63, 3.8) is 0 Å². The fraction of sp³-hybridized carbons (Fsp3) is 0.500. The number of aliphatic carboxylic acids is 1. The first kappa shape index (κ1) is 14.8. The summed E-state index contributed by atoms with van der Waals surface area (Å²) < 4.78 is 37.2. The second-order valence-electron chi connectivity index (χ2n) is 5.28. The van der Waals surface area contributed by atoms with Gasteiger partial charge in [-0.25, -0.2) is 0 Å². The largest absolute Gasteiger partial charge is 0.481 e. The van der Waals surface area contributed by atoms with E-state index in [2.05, 4.69) is 0 Å². The summed E-state index contributed by atoms with van der Waals surface area (Å²) in [6, 6.07) is 5.09. The van der Waals surface area contributed by atoms with E-state index in [1.807, 2.05) is 4.90 Å². The van der Waals surface area contributed by atoms with Crippen molar-refractivity contribution in [3.05, 3.63) is 35.4 Å². The molecule has 0 radical (unpaired) electrons. The molecule has 1 fully saturated rings. The quantitative estimate of drug-likeness (QED) is 0.925. The lowest BCUT2D eigenvalue weighted by molar-refractivity contribution is -0.145. The Hall–Kier alpha value is -1.56. The number of benzene rings is 1. The van der Waals surface area contributed by atoms with Gasteiger partial charge in [0.15, 0.2) is 0 Å². The zero-order chi connectivity index (χ0) is 14.9. The molecular formula is C14H16F3NO2. The molecule has 1 heterocycles. The molecule has 1 unspecified atom stereocenters. The molecule has 1 aliphatic rings. The minimum Gasteiger partial charge on any atom is -0.481 e. The lowest BCUT2D eigenvalue weighted by Gasteiger charge is -2.41. The van der Waals surface area contributed by atoms with Crippen LogP contribution in [0.25, 0.3) is 0 Å². The Labute approximate surface area is 115 Å². The predicted molar refractivity (Wildman–Crippen MR) is 67.0 cm³/mol. The summed E-state index contributed by atoms with van der Waals surface area (Å²) >= 11 is 0. The van der Waals surface area contributed by atoms with Gasteiger partial charge >= 0.3 is 12.1 Å². The highest BCUT2D eigenvalue weighted by Gasteiger charge is 2.34. The minimum atomic E-state index is -4.31. The molecule has 1 N–H and O–H groups in total. The molecule has 0 spiro atoms. The van der Waals surface area contributed by atoms with Gasteiger partial charge in [-0.3, -0.25) is 9.69 Å². The van der Waals surface area contributed by atoms with Crippen LogP contribution in [0.1, 0.15) is 18.1 Å². The van der Waals surface area contributed by atoms with Crippen molar-refractivity contribution in [1.82, 2.24) is 4.90 Å². The van der Waals surface area contributed by atoms with Gasteiger partial charge in [-0.05, 0) is 23.6 Å². The second kappa shape index (κ2) is 5.44. The summed E-state index contributed by atoms with van der Waals surface area (Å²) in [6.07, 6.45) is -4.31. The van der Waals surface area contributed by atoms with E-state index in [4.69, 9.17) is 5.11 Å². The first-order chi connectivity index (χ1) is 9.27. The summed E-state index contributed by atoms with van der Waals surface area (Å²) in [5.41, 5.74) is 0.154. The smallest absolute Gasteiger partial charge is 0.416 e.